The summed E-state index contributed by atoms with van der Waals surface area (Å²) in [5.74, 6) is 0.176. The van der Waals surface area contributed by atoms with Gasteiger partial charge in [-0.15, -0.1) is 0 Å². The van der Waals surface area contributed by atoms with Gasteiger partial charge in [0.05, 0.1) is 19.7 Å². The Morgan fingerprint density at radius 3 is 2.06 bits per heavy atom. The van der Waals surface area contributed by atoms with Gasteiger partial charge in [0.15, 0.2) is 11.5 Å². The second-order valence-corrected chi connectivity index (χ2v) is 8.89. The quantitative estimate of drug-likeness (QED) is 0.518. The second kappa shape index (κ2) is 11.1. The molecule has 1 aliphatic carbocycles. The summed E-state index contributed by atoms with van der Waals surface area (Å²) in [6.07, 6.45) is -0.488. The van der Waals surface area contributed by atoms with Crippen LogP contribution in [0.2, 0.25) is 0 Å². The number of halogens is 3. The highest BCUT2D eigenvalue weighted by atomic mass is 19.4. The van der Waals surface area contributed by atoms with E-state index in [-0.39, 0.29) is 0 Å². The summed E-state index contributed by atoms with van der Waals surface area (Å²) < 4.78 is 42.7. The number of benzene rings is 1. The molecular weight excluding hydrogens is 467 g/mol. The van der Waals surface area contributed by atoms with Crippen molar-refractivity contribution in [3.8, 4) is 11.5 Å². The van der Waals surface area contributed by atoms with Crippen molar-refractivity contribution in [2.75, 3.05) is 37.9 Å². The molecule has 2 aliphatic rings. The van der Waals surface area contributed by atoms with Crippen molar-refractivity contribution in [2.45, 2.75) is 63.8 Å². The predicted octanol–water partition coefficient (Wildman–Crippen LogP) is 4.14. The first-order chi connectivity index (χ1) is 16.5. The van der Waals surface area contributed by atoms with Crippen molar-refractivity contribution in [2.24, 2.45) is 0 Å². The molecule has 1 saturated carbocycles. The number of fused-ring (bicyclic) bond motifs is 1. The average molecular weight is 500 g/mol. The van der Waals surface area contributed by atoms with E-state index in [1.54, 1.807) is 14.2 Å². The fourth-order valence-electron chi connectivity index (χ4n) is 3.79. The highest BCUT2D eigenvalue weighted by Gasteiger charge is 2.38. The number of aromatic nitrogens is 2. The van der Waals surface area contributed by atoms with Crippen LogP contribution >= 0.6 is 0 Å². The van der Waals surface area contributed by atoms with Crippen LogP contribution in [0.4, 0.5) is 24.9 Å². The fraction of sp³-hybridized carbons (Fsp3) is 0.609. The lowest BCUT2D eigenvalue weighted by molar-refractivity contribution is -0.192. The van der Waals surface area contributed by atoms with Gasteiger partial charge < -0.3 is 30.1 Å². The van der Waals surface area contributed by atoms with Crippen LogP contribution in [0.15, 0.2) is 12.1 Å². The van der Waals surface area contributed by atoms with Gasteiger partial charge in [-0.05, 0) is 45.6 Å². The van der Waals surface area contributed by atoms with Crippen LogP contribution in [-0.2, 0) is 4.79 Å². The van der Waals surface area contributed by atoms with Gasteiger partial charge in [-0.25, -0.2) is 9.78 Å². The highest BCUT2D eigenvalue weighted by Crippen LogP contribution is 2.36. The molecule has 2 heterocycles. The molecule has 12 heteroatoms. The maximum atomic E-state index is 10.6. The van der Waals surface area contributed by atoms with Gasteiger partial charge in [-0.1, -0.05) is 0 Å². The third kappa shape index (κ3) is 7.23. The number of alkyl halides is 3. The van der Waals surface area contributed by atoms with E-state index in [9.17, 15) is 13.2 Å². The molecule has 194 valence electrons. The van der Waals surface area contributed by atoms with E-state index >= 15 is 0 Å². The number of hydrogen-bond acceptors (Lipinski definition) is 8. The van der Waals surface area contributed by atoms with E-state index in [2.05, 4.69) is 29.4 Å². The zero-order valence-electron chi connectivity index (χ0n) is 20.3. The van der Waals surface area contributed by atoms with Crippen molar-refractivity contribution in [3.63, 3.8) is 0 Å². The minimum absolute atomic E-state index is 0.412. The zero-order chi connectivity index (χ0) is 25.8. The Bertz CT molecular complexity index is 1020. The normalized spacial score (nSPS) is 17.0. The van der Waals surface area contributed by atoms with Crippen LogP contribution in [0.25, 0.3) is 10.9 Å². The summed E-state index contributed by atoms with van der Waals surface area (Å²) >= 11 is 0. The van der Waals surface area contributed by atoms with Crippen molar-refractivity contribution in [1.29, 1.82) is 0 Å². The molecule has 0 radical (unpaired) electrons. The minimum Gasteiger partial charge on any atom is -0.493 e. The number of piperidine rings is 1. The van der Waals surface area contributed by atoms with E-state index in [4.69, 9.17) is 29.3 Å². The molecule has 35 heavy (non-hydrogen) atoms. The molecule has 1 aromatic carbocycles. The van der Waals surface area contributed by atoms with E-state index in [0.29, 0.717) is 35.6 Å². The number of rotatable bonds is 7. The summed E-state index contributed by atoms with van der Waals surface area (Å²) in [6.45, 7) is 6.76. The summed E-state index contributed by atoms with van der Waals surface area (Å²) in [7, 11) is 3.30. The van der Waals surface area contributed by atoms with E-state index in [0.717, 1.165) is 42.7 Å². The molecule has 2 aromatic rings. The molecule has 0 unspecified atom stereocenters. The highest BCUT2D eigenvalue weighted by molar-refractivity contribution is 5.92. The van der Waals surface area contributed by atoms with Crippen LogP contribution in [0.5, 0.6) is 11.5 Å². The number of aliphatic carboxylic acids is 1. The van der Waals surface area contributed by atoms with Crippen LogP contribution in [0, 0.1) is 0 Å². The van der Waals surface area contributed by atoms with Crippen molar-refractivity contribution < 1.29 is 32.5 Å². The summed E-state index contributed by atoms with van der Waals surface area (Å²) in [5.41, 5.74) is 0.859. The number of ether oxygens (including phenoxy) is 2. The predicted molar refractivity (Wildman–Crippen MR) is 126 cm³/mol. The number of hydrogen-bond donors (Lipinski definition) is 3. The largest absolute Gasteiger partial charge is 0.493 e. The molecule has 4 rings (SSSR count). The fourth-order valence-corrected chi connectivity index (χ4v) is 3.79. The van der Waals surface area contributed by atoms with Gasteiger partial charge in [0.25, 0.3) is 0 Å². The van der Waals surface area contributed by atoms with Crippen LogP contribution in [-0.4, -0.2) is 77.6 Å². The molecular formula is C23H32F3N5O4. The summed E-state index contributed by atoms with van der Waals surface area (Å²) in [4.78, 5) is 21.0. The molecule has 0 spiro atoms. The molecule has 1 aromatic heterocycles. The lowest BCUT2D eigenvalue weighted by atomic mass is 10.0. The van der Waals surface area contributed by atoms with Gasteiger partial charge in [0.2, 0.25) is 5.95 Å². The van der Waals surface area contributed by atoms with Crippen molar-refractivity contribution in [1.82, 2.24) is 14.9 Å². The second-order valence-electron chi connectivity index (χ2n) is 8.89. The molecule has 3 N–H and O–H groups in total. The standard InChI is InChI=1S/C21H31N5O2.C2HF3O2/c1-13(2)26-9-7-15(8-10-26)22-20-16-11-18(27-3)19(28-4)12-17(16)24-21(25-20)23-14-5-6-14;3-2(4,5)1(6)7/h11-15H,5-10H2,1-4H3,(H2,22,23,24,25);(H,6,7). The van der Waals surface area contributed by atoms with Crippen LogP contribution < -0.4 is 20.1 Å². The summed E-state index contributed by atoms with van der Waals surface area (Å²) in [5, 5.41) is 15.2. The topological polar surface area (TPSA) is 109 Å². The smallest absolute Gasteiger partial charge is 0.490 e. The summed E-state index contributed by atoms with van der Waals surface area (Å²) in [6, 6.07) is 5.42. The Morgan fingerprint density at radius 2 is 1.57 bits per heavy atom. The Balaban J connectivity index is 0.000000429. The molecule has 1 aliphatic heterocycles. The Labute approximate surface area is 202 Å². The molecule has 0 atom stereocenters. The van der Waals surface area contributed by atoms with Gasteiger partial charge in [0.1, 0.15) is 5.82 Å². The first-order valence-electron chi connectivity index (χ1n) is 11.5. The van der Waals surface area contributed by atoms with Gasteiger partial charge in [-0.2, -0.15) is 18.2 Å². The van der Waals surface area contributed by atoms with Crippen LogP contribution in [0.1, 0.15) is 39.5 Å². The van der Waals surface area contributed by atoms with Gasteiger partial charge >= 0.3 is 12.1 Å². The van der Waals surface area contributed by atoms with Gasteiger partial charge in [-0.3, -0.25) is 0 Å². The number of nitrogens with zero attached hydrogens (tertiary/aromatic N) is 3. The Hall–Kier alpha value is -3.02. The van der Waals surface area contributed by atoms with Crippen molar-refractivity contribution >= 4 is 28.6 Å². The number of likely N-dealkylation sites (tertiary alicyclic amines) is 1. The van der Waals surface area contributed by atoms with E-state index in [1.807, 2.05) is 12.1 Å². The first kappa shape index (κ1) is 26.6. The number of nitrogens with one attached hydrogen (secondary N) is 2. The molecule has 1 saturated heterocycles. The Morgan fingerprint density at radius 1 is 1.03 bits per heavy atom. The monoisotopic (exact) mass is 499 g/mol. The number of methoxy groups -OCH3 is 2. The number of carbonyl (C=O) groups is 1. The van der Waals surface area contributed by atoms with Crippen LogP contribution in [0.3, 0.4) is 0 Å². The lowest BCUT2D eigenvalue weighted by Gasteiger charge is -2.35. The minimum atomic E-state index is -5.08. The molecule has 9 nitrogen and oxygen atoms in total. The molecule has 2 fully saturated rings. The maximum absolute atomic E-state index is 10.6. The maximum Gasteiger partial charge on any atom is 0.490 e. The lowest BCUT2D eigenvalue weighted by Crippen LogP contribution is -2.42. The number of anilines is 2. The van der Waals surface area contributed by atoms with Crippen molar-refractivity contribution in [3.05, 3.63) is 12.1 Å². The number of carboxylic acids is 1. The third-order valence-corrected chi connectivity index (χ3v) is 5.95. The third-order valence-electron chi connectivity index (χ3n) is 5.95. The SMILES string of the molecule is COc1cc2nc(NC3CC3)nc(NC3CCN(C(C)C)CC3)c2cc1OC.O=C(O)C(F)(F)F. The number of carboxylic acid groups (broad SMARTS) is 1. The van der Waals surface area contributed by atoms with E-state index < -0.39 is 12.1 Å². The van der Waals surface area contributed by atoms with E-state index in [1.165, 1.54) is 12.8 Å². The zero-order valence-corrected chi connectivity index (χ0v) is 20.3. The van der Waals surface area contributed by atoms with Gasteiger partial charge in [0, 0.05) is 42.7 Å². The average Bonchev–Trinajstić information content (AvgIpc) is 3.62. The molecule has 0 bridgehead atoms. The Kier molecular flexibility index (Phi) is 8.47. The first-order valence-corrected chi connectivity index (χ1v) is 11.5. The molecule has 0 amide bonds.